The van der Waals surface area contributed by atoms with E-state index in [0.29, 0.717) is 21.6 Å². The van der Waals surface area contributed by atoms with Crippen LogP contribution in [0.2, 0.25) is 5.02 Å². The largest absolute Gasteiger partial charge is 0.474 e. The Labute approximate surface area is 119 Å². The van der Waals surface area contributed by atoms with Gasteiger partial charge in [-0.15, -0.1) is 11.3 Å². The third kappa shape index (κ3) is 3.65. The predicted molar refractivity (Wildman–Crippen MR) is 75.1 cm³/mol. The van der Waals surface area contributed by atoms with Crippen molar-refractivity contribution in [2.24, 2.45) is 0 Å². The van der Waals surface area contributed by atoms with Crippen molar-refractivity contribution in [2.75, 3.05) is 5.32 Å². The summed E-state index contributed by atoms with van der Waals surface area (Å²) in [7, 11) is 0. The summed E-state index contributed by atoms with van der Waals surface area (Å²) in [6.45, 7) is 3.75. The standard InChI is InChI=1S/C12H12ClN3O2S/c1-7(2)18-11-9(13)5-8(6-15-11)10(17)16-12-14-3-4-19-12/h3-7H,1-2H3,(H,14,16,17). The molecule has 19 heavy (non-hydrogen) atoms. The fraction of sp³-hybridized carbons (Fsp3) is 0.250. The highest BCUT2D eigenvalue weighted by Crippen LogP contribution is 2.24. The van der Waals surface area contributed by atoms with Gasteiger partial charge in [-0.3, -0.25) is 10.1 Å². The van der Waals surface area contributed by atoms with E-state index in [2.05, 4.69) is 15.3 Å². The first-order valence-corrected chi connectivity index (χ1v) is 6.85. The molecule has 0 bridgehead atoms. The Bertz CT molecular complexity index is 572. The molecule has 2 aromatic heterocycles. The van der Waals surface area contributed by atoms with E-state index in [9.17, 15) is 4.79 Å². The first-order valence-electron chi connectivity index (χ1n) is 5.59. The lowest BCUT2D eigenvalue weighted by molar-refractivity contribution is 0.102. The zero-order valence-electron chi connectivity index (χ0n) is 10.4. The van der Waals surface area contributed by atoms with Crippen LogP contribution >= 0.6 is 22.9 Å². The number of rotatable bonds is 4. The maximum absolute atomic E-state index is 11.9. The summed E-state index contributed by atoms with van der Waals surface area (Å²) in [5.74, 6) is 0.0166. The van der Waals surface area contributed by atoms with Crippen molar-refractivity contribution in [3.63, 3.8) is 0 Å². The summed E-state index contributed by atoms with van der Waals surface area (Å²) in [5.41, 5.74) is 0.358. The van der Waals surface area contributed by atoms with E-state index in [1.54, 1.807) is 11.6 Å². The SMILES string of the molecule is CC(C)Oc1ncc(C(=O)Nc2nccs2)cc1Cl. The maximum atomic E-state index is 11.9. The molecule has 0 aliphatic heterocycles. The molecule has 0 aliphatic rings. The van der Waals surface area contributed by atoms with Gasteiger partial charge in [0.1, 0.15) is 5.02 Å². The number of carbonyl (C=O) groups excluding carboxylic acids is 1. The Morgan fingerprint density at radius 3 is 2.84 bits per heavy atom. The van der Waals surface area contributed by atoms with E-state index >= 15 is 0 Å². The molecule has 1 amide bonds. The molecule has 0 fully saturated rings. The van der Waals surface area contributed by atoms with Crippen LogP contribution in [0.3, 0.4) is 0 Å². The second kappa shape index (κ2) is 5.99. The number of nitrogens with zero attached hydrogens (tertiary/aromatic N) is 2. The van der Waals surface area contributed by atoms with Crippen LogP contribution in [-0.4, -0.2) is 22.0 Å². The van der Waals surface area contributed by atoms with Crippen molar-refractivity contribution in [3.8, 4) is 5.88 Å². The molecule has 0 saturated carbocycles. The summed E-state index contributed by atoms with van der Waals surface area (Å²) < 4.78 is 5.40. The number of aromatic nitrogens is 2. The number of carbonyl (C=O) groups is 1. The van der Waals surface area contributed by atoms with Crippen LogP contribution in [0.5, 0.6) is 5.88 Å². The Morgan fingerprint density at radius 2 is 2.26 bits per heavy atom. The van der Waals surface area contributed by atoms with Gasteiger partial charge in [0.2, 0.25) is 5.88 Å². The zero-order chi connectivity index (χ0) is 13.8. The summed E-state index contributed by atoms with van der Waals surface area (Å²) >= 11 is 7.36. The second-order valence-corrected chi connectivity index (χ2v) is 5.27. The summed E-state index contributed by atoms with van der Waals surface area (Å²) in [6.07, 6.45) is 3.01. The van der Waals surface area contributed by atoms with E-state index in [0.717, 1.165) is 0 Å². The van der Waals surface area contributed by atoms with Crippen LogP contribution in [0.4, 0.5) is 5.13 Å². The van der Waals surface area contributed by atoms with E-state index in [4.69, 9.17) is 16.3 Å². The summed E-state index contributed by atoms with van der Waals surface area (Å²) in [4.78, 5) is 19.9. The molecule has 100 valence electrons. The lowest BCUT2D eigenvalue weighted by Gasteiger charge is -2.10. The van der Waals surface area contributed by atoms with Crippen molar-refractivity contribution in [2.45, 2.75) is 20.0 Å². The molecule has 0 aromatic carbocycles. The number of amides is 1. The van der Waals surface area contributed by atoms with Gasteiger partial charge in [0, 0.05) is 17.8 Å². The Morgan fingerprint density at radius 1 is 1.47 bits per heavy atom. The van der Waals surface area contributed by atoms with Gasteiger partial charge in [-0.2, -0.15) is 0 Å². The van der Waals surface area contributed by atoms with E-state index in [1.807, 2.05) is 13.8 Å². The molecule has 0 aliphatic carbocycles. The van der Waals surface area contributed by atoms with Gasteiger partial charge in [-0.05, 0) is 19.9 Å². The zero-order valence-corrected chi connectivity index (χ0v) is 12.0. The van der Waals surface area contributed by atoms with Crippen molar-refractivity contribution >= 4 is 34.0 Å². The van der Waals surface area contributed by atoms with Crippen LogP contribution in [0.25, 0.3) is 0 Å². The van der Waals surface area contributed by atoms with Gasteiger partial charge in [-0.25, -0.2) is 9.97 Å². The number of halogens is 1. The van der Waals surface area contributed by atoms with Crippen molar-refractivity contribution in [3.05, 3.63) is 34.4 Å². The van der Waals surface area contributed by atoms with Crippen molar-refractivity contribution in [1.29, 1.82) is 0 Å². The minimum absolute atomic E-state index is 0.0278. The lowest BCUT2D eigenvalue weighted by Crippen LogP contribution is -2.13. The smallest absolute Gasteiger partial charge is 0.259 e. The van der Waals surface area contributed by atoms with Gasteiger partial charge in [0.05, 0.1) is 11.7 Å². The highest BCUT2D eigenvalue weighted by atomic mass is 35.5. The molecule has 0 saturated heterocycles. The first-order chi connectivity index (χ1) is 9.06. The highest BCUT2D eigenvalue weighted by Gasteiger charge is 2.12. The number of thiazole rings is 1. The van der Waals surface area contributed by atoms with Gasteiger partial charge in [0.25, 0.3) is 5.91 Å². The van der Waals surface area contributed by atoms with Gasteiger partial charge in [-0.1, -0.05) is 11.6 Å². The minimum atomic E-state index is -0.305. The predicted octanol–water partition coefficient (Wildman–Crippen LogP) is 3.23. The fourth-order valence-corrected chi connectivity index (χ4v) is 2.05. The van der Waals surface area contributed by atoms with Crippen molar-refractivity contribution in [1.82, 2.24) is 9.97 Å². The number of hydrogen-bond donors (Lipinski definition) is 1. The quantitative estimate of drug-likeness (QED) is 0.941. The summed E-state index contributed by atoms with van der Waals surface area (Å²) in [5, 5.41) is 5.27. The highest BCUT2D eigenvalue weighted by molar-refractivity contribution is 7.13. The van der Waals surface area contributed by atoms with Crippen molar-refractivity contribution < 1.29 is 9.53 Å². The number of ether oxygens (including phenoxy) is 1. The van der Waals surface area contributed by atoms with Crippen LogP contribution in [0.15, 0.2) is 23.8 Å². The topological polar surface area (TPSA) is 64.1 Å². The third-order valence-corrected chi connectivity index (χ3v) is 3.03. The van der Waals surface area contributed by atoms with E-state index in [1.165, 1.54) is 23.6 Å². The molecule has 0 atom stereocenters. The minimum Gasteiger partial charge on any atom is -0.474 e. The number of anilines is 1. The maximum Gasteiger partial charge on any atom is 0.259 e. The molecule has 0 unspecified atom stereocenters. The monoisotopic (exact) mass is 297 g/mol. The molecular formula is C12H12ClN3O2S. The van der Waals surface area contributed by atoms with Gasteiger partial charge >= 0.3 is 0 Å². The molecule has 2 aromatic rings. The molecule has 0 radical (unpaired) electrons. The van der Waals surface area contributed by atoms with Gasteiger partial charge in [0.15, 0.2) is 5.13 Å². The fourth-order valence-electron chi connectivity index (χ4n) is 1.31. The average molecular weight is 298 g/mol. The Balaban J connectivity index is 2.13. The molecule has 5 nitrogen and oxygen atoms in total. The molecule has 0 spiro atoms. The third-order valence-electron chi connectivity index (χ3n) is 2.07. The lowest BCUT2D eigenvalue weighted by atomic mass is 10.2. The Kier molecular flexibility index (Phi) is 4.34. The first kappa shape index (κ1) is 13.8. The number of pyridine rings is 1. The molecule has 2 heterocycles. The van der Waals surface area contributed by atoms with Crippen LogP contribution < -0.4 is 10.1 Å². The van der Waals surface area contributed by atoms with Crippen LogP contribution in [0, 0.1) is 0 Å². The van der Waals surface area contributed by atoms with Crippen LogP contribution in [-0.2, 0) is 0 Å². The number of nitrogens with one attached hydrogen (secondary N) is 1. The van der Waals surface area contributed by atoms with Crippen LogP contribution in [0.1, 0.15) is 24.2 Å². The Hall–Kier alpha value is -1.66. The van der Waals surface area contributed by atoms with Gasteiger partial charge < -0.3 is 4.74 Å². The second-order valence-electron chi connectivity index (χ2n) is 3.97. The molecule has 2 rings (SSSR count). The molecule has 7 heteroatoms. The molecular weight excluding hydrogens is 286 g/mol. The number of hydrogen-bond acceptors (Lipinski definition) is 5. The normalized spacial score (nSPS) is 10.5. The van der Waals surface area contributed by atoms with E-state index in [-0.39, 0.29) is 12.0 Å². The van der Waals surface area contributed by atoms with E-state index < -0.39 is 0 Å². The molecule has 1 N–H and O–H groups in total. The summed E-state index contributed by atoms with van der Waals surface area (Å²) in [6, 6.07) is 1.52. The average Bonchev–Trinajstić information content (AvgIpc) is 2.84.